The van der Waals surface area contributed by atoms with Gasteiger partial charge in [-0.05, 0) is 57.0 Å². The van der Waals surface area contributed by atoms with Crippen molar-refractivity contribution in [3.8, 4) is 11.5 Å². The SMILES string of the molecule is CCOC(=O)Cc1c(OCC(O)CN2CCC(COc3ccccc3Cl)CC2)cccc1[N+](=O)[O-]. The number of likely N-dealkylation sites (tertiary alicyclic amines) is 1. The van der Waals surface area contributed by atoms with E-state index in [-0.39, 0.29) is 36.6 Å². The van der Waals surface area contributed by atoms with Gasteiger partial charge in [-0.25, -0.2) is 0 Å². The summed E-state index contributed by atoms with van der Waals surface area (Å²) < 4.78 is 16.5. The number of benzene rings is 2. The Balaban J connectivity index is 1.47. The number of ether oxygens (including phenoxy) is 3. The van der Waals surface area contributed by atoms with Gasteiger partial charge in [-0.1, -0.05) is 29.8 Å². The van der Waals surface area contributed by atoms with E-state index in [9.17, 15) is 20.0 Å². The van der Waals surface area contributed by atoms with Crippen LogP contribution in [0.4, 0.5) is 5.69 Å². The largest absolute Gasteiger partial charge is 0.492 e. The third kappa shape index (κ3) is 8.09. The molecule has 1 N–H and O–H groups in total. The number of halogens is 1. The first-order chi connectivity index (χ1) is 16.9. The summed E-state index contributed by atoms with van der Waals surface area (Å²) in [5.74, 6) is 0.717. The molecular weight excluding hydrogens is 476 g/mol. The second kappa shape index (κ2) is 13.3. The number of carbonyl (C=O) groups excluding carboxylic acids is 1. The van der Waals surface area contributed by atoms with E-state index in [0.29, 0.717) is 29.8 Å². The summed E-state index contributed by atoms with van der Waals surface area (Å²) >= 11 is 6.14. The number of nitro groups is 1. The van der Waals surface area contributed by atoms with Gasteiger partial charge in [0.25, 0.3) is 5.69 Å². The summed E-state index contributed by atoms with van der Waals surface area (Å²) in [6.45, 7) is 4.44. The number of hydrogen-bond acceptors (Lipinski definition) is 8. The summed E-state index contributed by atoms with van der Waals surface area (Å²) in [5, 5.41) is 22.5. The molecule has 190 valence electrons. The van der Waals surface area contributed by atoms with E-state index in [1.807, 2.05) is 18.2 Å². The van der Waals surface area contributed by atoms with Gasteiger partial charge in [0.05, 0.1) is 35.1 Å². The number of carbonyl (C=O) groups is 1. The van der Waals surface area contributed by atoms with Crippen molar-refractivity contribution in [3.63, 3.8) is 0 Å². The van der Waals surface area contributed by atoms with Gasteiger partial charge in [-0.2, -0.15) is 0 Å². The number of para-hydroxylation sites is 1. The van der Waals surface area contributed by atoms with Crippen LogP contribution in [0.2, 0.25) is 5.02 Å². The van der Waals surface area contributed by atoms with Gasteiger partial charge in [-0.15, -0.1) is 0 Å². The summed E-state index contributed by atoms with van der Waals surface area (Å²) in [6, 6.07) is 11.8. The molecule has 0 bridgehead atoms. The quantitative estimate of drug-likeness (QED) is 0.262. The van der Waals surface area contributed by atoms with Crippen LogP contribution in [0, 0.1) is 16.0 Å². The Bertz CT molecular complexity index is 996. The standard InChI is InChI=1S/C25H31ClN2O7/c1-2-33-25(30)14-20-22(28(31)32)7-5-9-23(20)35-17-19(29)15-27-12-10-18(11-13-27)16-34-24-8-4-3-6-21(24)26/h3-9,18-19,29H,2,10-17H2,1H3. The van der Waals surface area contributed by atoms with Gasteiger partial charge in [0.15, 0.2) is 0 Å². The Hall–Kier alpha value is -2.88. The molecule has 1 unspecified atom stereocenters. The lowest BCUT2D eigenvalue weighted by atomic mass is 9.97. The summed E-state index contributed by atoms with van der Waals surface area (Å²) in [5.41, 5.74) is -0.0754. The molecule has 2 aromatic carbocycles. The van der Waals surface area contributed by atoms with Gasteiger partial charge in [0, 0.05) is 12.6 Å². The molecule has 1 atom stereocenters. The van der Waals surface area contributed by atoms with Crippen LogP contribution >= 0.6 is 11.6 Å². The molecule has 10 heteroatoms. The highest BCUT2D eigenvalue weighted by atomic mass is 35.5. The number of rotatable bonds is 12. The third-order valence-electron chi connectivity index (χ3n) is 5.85. The molecule has 35 heavy (non-hydrogen) atoms. The van der Waals surface area contributed by atoms with E-state index in [2.05, 4.69) is 4.90 Å². The van der Waals surface area contributed by atoms with E-state index >= 15 is 0 Å². The van der Waals surface area contributed by atoms with Crippen LogP contribution in [-0.2, 0) is 16.0 Å². The second-order valence-corrected chi connectivity index (χ2v) is 8.85. The fourth-order valence-electron chi connectivity index (χ4n) is 4.04. The lowest BCUT2D eigenvalue weighted by Gasteiger charge is -2.33. The molecule has 0 aliphatic carbocycles. The topological polar surface area (TPSA) is 111 Å². The number of β-amino-alcohol motifs (C(OH)–C–C–N with tert-alkyl or cyclic N) is 1. The highest BCUT2D eigenvalue weighted by Gasteiger charge is 2.24. The summed E-state index contributed by atoms with van der Waals surface area (Å²) in [4.78, 5) is 25.0. The van der Waals surface area contributed by atoms with Crippen LogP contribution < -0.4 is 9.47 Å². The van der Waals surface area contributed by atoms with Crippen molar-refractivity contribution in [2.24, 2.45) is 5.92 Å². The van der Waals surface area contributed by atoms with Crippen molar-refractivity contribution in [1.29, 1.82) is 0 Å². The van der Waals surface area contributed by atoms with Crippen molar-refractivity contribution in [1.82, 2.24) is 4.90 Å². The Labute approximate surface area is 209 Å². The highest BCUT2D eigenvalue weighted by Crippen LogP contribution is 2.30. The normalized spacial score (nSPS) is 15.4. The molecule has 1 heterocycles. The van der Waals surface area contributed by atoms with Crippen LogP contribution in [-0.4, -0.2) is 66.5 Å². The van der Waals surface area contributed by atoms with E-state index in [4.69, 9.17) is 25.8 Å². The lowest BCUT2D eigenvalue weighted by molar-refractivity contribution is -0.385. The number of hydrogen-bond donors (Lipinski definition) is 1. The van der Waals surface area contributed by atoms with Gasteiger partial charge in [0.1, 0.15) is 24.2 Å². The Morgan fingerprint density at radius 2 is 1.89 bits per heavy atom. The highest BCUT2D eigenvalue weighted by molar-refractivity contribution is 6.32. The number of nitro benzene ring substituents is 1. The van der Waals surface area contributed by atoms with Gasteiger partial charge < -0.3 is 24.2 Å². The van der Waals surface area contributed by atoms with Gasteiger partial charge in [0.2, 0.25) is 0 Å². The van der Waals surface area contributed by atoms with Crippen molar-refractivity contribution in [2.45, 2.75) is 32.3 Å². The Morgan fingerprint density at radius 3 is 2.57 bits per heavy atom. The second-order valence-electron chi connectivity index (χ2n) is 8.44. The van der Waals surface area contributed by atoms with Crippen molar-refractivity contribution >= 4 is 23.3 Å². The zero-order valence-corrected chi connectivity index (χ0v) is 20.5. The Morgan fingerprint density at radius 1 is 1.17 bits per heavy atom. The minimum Gasteiger partial charge on any atom is -0.492 e. The van der Waals surface area contributed by atoms with E-state index in [1.165, 1.54) is 12.1 Å². The van der Waals surface area contributed by atoms with E-state index in [0.717, 1.165) is 25.9 Å². The van der Waals surface area contributed by atoms with Gasteiger partial charge in [-0.3, -0.25) is 14.9 Å². The molecule has 3 rings (SSSR count). The zero-order valence-electron chi connectivity index (χ0n) is 19.7. The van der Waals surface area contributed by atoms with Crippen molar-refractivity contribution < 1.29 is 29.0 Å². The predicted molar refractivity (Wildman–Crippen MR) is 131 cm³/mol. The first-order valence-corrected chi connectivity index (χ1v) is 12.1. The monoisotopic (exact) mass is 506 g/mol. The molecule has 1 aliphatic heterocycles. The number of aliphatic hydroxyl groups is 1. The molecule has 1 saturated heterocycles. The molecule has 0 spiro atoms. The molecule has 9 nitrogen and oxygen atoms in total. The van der Waals surface area contributed by atoms with Crippen molar-refractivity contribution in [3.05, 3.63) is 63.2 Å². The average Bonchev–Trinajstić information content (AvgIpc) is 2.83. The smallest absolute Gasteiger partial charge is 0.310 e. The first-order valence-electron chi connectivity index (χ1n) is 11.7. The molecule has 0 aromatic heterocycles. The van der Waals surface area contributed by atoms with Crippen LogP contribution in [0.25, 0.3) is 0 Å². The minimum absolute atomic E-state index is 0.0491. The van der Waals surface area contributed by atoms with Crippen LogP contribution in [0.5, 0.6) is 11.5 Å². The predicted octanol–water partition coefficient (Wildman–Crippen LogP) is 3.88. The molecule has 1 fully saturated rings. The fraction of sp³-hybridized carbons (Fsp3) is 0.480. The third-order valence-corrected chi connectivity index (χ3v) is 6.16. The summed E-state index contributed by atoms with van der Waals surface area (Å²) in [6.07, 6.45) is 0.806. The van der Waals surface area contributed by atoms with Crippen LogP contribution in [0.3, 0.4) is 0 Å². The van der Waals surface area contributed by atoms with E-state index in [1.54, 1.807) is 19.1 Å². The summed E-state index contributed by atoms with van der Waals surface area (Å²) in [7, 11) is 0. The maximum atomic E-state index is 11.9. The fourth-order valence-corrected chi connectivity index (χ4v) is 4.23. The number of nitrogens with zero attached hydrogens (tertiary/aromatic N) is 2. The van der Waals surface area contributed by atoms with Crippen LogP contribution in [0.15, 0.2) is 42.5 Å². The molecule has 0 amide bonds. The average molecular weight is 507 g/mol. The minimum atomic E-state index is -0.791. The molecule has 0 radical (unpaired) electrons. The maximum Gasteiger partial charge on any atom is 0.310 e. The molecule has 0 saturated carbocycles. The maximum absolute atomic E-state index is 11.9. The molecule has 2 aromatic rings. The number of aliphatic hydroxyl groups excluding tert-OH is 1. The lowest BCUT2D eigenvalue weighted by Crippen LogP contribution is -2.41. The Kier molecular flexibility index (Phi) is 10.1. The van der Waals surface area contributed by atoms with Gasteiger partial charge >= 0.3 is 5.97 Å². The number of esters is 1. The van der Waals surface area contributed by atoms with Crippen molar-refractivity contribution in [2.75, 3.05) is 39.5 Å². The van der Waals surface area contributed by atoms with Crippen LogP contribution in [0.1, 0.15) is 25.3 Å². The number of piperidine rings is 1. The zero-order chi connectivity index (χ0) is 25.2. The molecule has 1 aliphatic rings. The first kappa shape index (κ1) is 26.7. The van der Waals surface area contributed by atoms with E-state index < -0.39 is 17.0 Å². The molecular formula is C25H31ClN2O7.